The first kappa shape index (κ1) is 21.8. The predicted octanol–water partition coefficient (Wildman–Crippen LogP) is 3.99. The van der Waals surface area contributed by atoms with Gasteiger partial charge in [-0.1, -0.05) is 60.4 Å². The lowest BCUT2D eigenvalue weighted by Gasteiger charge is -2.07. The van der Waals surface area contributed by atoms with E-state index in [9.17, 15) is 9.59 Å². The molecule has 0 aliphatic heterocycles. The van der Waals surface area contributed by atoms with Gasteiger partial charge in [-0.15, -0.1) is 10.2 Å². The molecule has 0 aliphatic carbocycles. The van der Waals surface area contributed by atoms with Gasteiger partial charge >= 0.3 is 0 Å². The highest BCUT2D eigenvalue weighted by atomic mass is 32.2. The highest BCUT2D eigenvalue weighted by Gasteiger charge is 2.14. The van der Waals surface area contributed by atoms with Crippen LogP contribution in [0, 0.1) is 0 Å². The van der Waals surface area contributed by atoms with Gasteiger partial charge in [0.1, 0.15) is 5.75 Å². The van der Waals surface area contributed by atoms with Gasteiger partial charge in [0.2, 0.25) is 10.9 Å². The molecule has 0 spiro atoms. The van der Waals surface area contributed by atoms with Gasteiger partial charge in [0.25, 0.3) is 5.91 Å². The fourth-order valence-corrected chi connectivity index (χ4v) is 3.95. The Morgan fingerprint density at radius 1 is 1.07 bits per heavy atom. The molecule has 2 aromatic carbocycles. The Morgan fingerprint density at radius 2 is 1.83 bits per heavy atom. The Kier molecular flexibility index (Phi) is 8.22. The number of ether oxygens (including phenoxy) is 1. The maximum absolute atomic E-state index is 12.2. The monoisotopic (exact) mass is 442 g/mol. The van der Waals surface area contributed by atoms with E-state index in [1.165, 1.54) is 11.8 Å². The van der Waals surface area contributed by atoms with Crippen LogP contribution in [0.5, 0.6) is 5.75 Å². The van der Waals surface area contributed by atoms with Crippen molar-refractivity contribution in [2.75, 3.05) is 17.7 Å². The number of thioether (sulfide) groups is 1. The number of carbonyl (C=O) groups excluding carboxylic acids is 2. The first-order valence-electron chi connectivity index (χ1n) is 9.45. The molecule has 0 bridgehead atoms. The zero-order chi connectivity index (χ0) is 21.2. The Balaban J connectivity index is 1.41. The molecule has 9 heteroatoms. The second-order valence-electron chi connectivity index (χ2n) is 6.25. The second-order valence-corrected chi connectivity index (χ2v) is 8.45. The summed E-state index contributed by atoms with van der Waals surface area (Å²) in [6, 6.07) is 16.8. The Bertz CT molecular complexity index is 962. The molecule has 0 saturated carbocycles. The lowest BCUT2D eigenvalue weighted by atomic mass is 10.2. The third-order valence-electron chi connectivity index (χ3n) is 3.84. The molecule has 2 amide bonds. The Labute approximate surface area is 183 Å². The molecule has 0 fully saturated rings. The van der Waals surface area contributed by atoms with Crippen molar-refractivity contribution in [2.24, 2.45) is 0 Å². The molecule has 0 saturated heterocycles. The summed E-state index contributed by atoms with van der Waals surface area (Å²) in [5, 5.41) is 13.8. The third-order valence-corrected chi connectivity index (χ3v) is 5.90. The smallest absolute Gasteiger partial charge is 0.286 e. The Morgan fingerprint density at radius 3 is 2.57 bits per heavy atom. The summed E-state index contributed by atoms with van der Waals surface area (Å²) in [5.74, 6) is 0.594. The molecule has 0 radical (unpaired) electrons. The van der Waals surface area contributed by atoms with E-state index in [2.05, 4.69) is 27.8 Å². The van der Waals surface area contributed by atoms with Gasteiger partial charge in [-0.25, -0.2) is 0 Å². The summed E-state index contributed by atoms with van der Waals surface area (Å²) in [6.07, 6.45) is 0.962. The minimum absolute atomic E-state index is 0.114. The topological polar surface area (TPSA) is 93.2 Å². The zero-order valence-corrected chi connectivity index (χ0v) is 18.1. The fourth-order valence-electron chi connectivity index (χ4n) is 2.37. The van der Waals surface area contributed by atoms with E-state index in [0.717, 1.165) is 29.1 Å². The van der Waals surface area contributed by atoms with Crippen LogP contribution < -0.4 is 15.4 Å². The average molecular weight is 443 g/mol. The number of nitrogens with one attached hydrogen (secondary N) is 2. The van der Waals surface area contributed by atoms with E-state index in [1.54, 1.807) is 12.1 Å². The van der Waals surface area contributed by atoms with Crippen LogP contribution in [0.1, 0.15) is 28.7 Å². The highest BCUT2D eigenvalue weighted by Crippen LogP contribution is 2.23. The van der Waals surface area contributed by atoms with Gasteiger partial charge in [0, 0.05) is 12.2 Å². The SMILES string of the molecule is CCCOc1ccc(CNC(=O)CSc2nnc(C(=O)Nc3ccccc3)s2)cc1. The molecule has 0 unspecified atom stereocenters. The van der Waals surface area contributed by atoms with Crippen molar-refractivity contribution in [1.29, 1.82) is 0 Å². The lowest BCUT2D eigenvalue weighted by molar-refractivity contribution is -0.118. The zero-order valence-electron chi connectivity index (χ0n) is 16.5. The number of rotatable bonds is 10. The first-order valence-corrected chi connectivity index (χ1v) is 11.3. The molecule has 2 N–H and O–H groups in total. The van der Waals surface area contributed by atoms with Crippen molar-refractivity contribution in [3.05, 3.63) is 65.2 Å². The van der Waals surface area contributed by atoms with Crippen LogP contribution in [0.4, 0.5) is 5.69 Å². The molecule has 3 aromatic rings. The third kappa shape index (κ3) is 6.85. The molecule has 30 heavy (non-hydrogen) atoms. The van der Waals surface area contributed by atoms with E-state index in [1.807, 2.05) is 42.5 Å². The minimum atomic E-state index is -0.318. The van der Waals surface area contributed by atoms with Crippen LogP contribution in [0.3, 0.4) is 0 Å². The molecule has 0 atom stereocenters. The molecule has 3 rings (SSSR count). The van der Waals surface area contributed by atoms with Crippen LogP contribution in [0.15, 0.2) is 58.9 Å². The van der Waals surface area contributed by atoms with Crippen LogP contribution in [-0.4, -0.2) is 34.4 Å². The molecule has 1 aromatic heterocycles. The van der Waals surface area contributed by atoms with Gasteiger partial charge in [-0.3, -0.25) is 9.59 Å². The van der Waals surface area contributed by atoms with E-state index >= 15 is 0 Å². The first-order chi connectivity index (χ1) is 14.6. The van der Waals surface area contributed by atoms with E-state index in [4.69, 9.17) is 4.74 Å². The summed E-state index contributed by atoms with van der Waals surface area (Å²) >= 11 is 2.41. The van der Waals surface area contributed by atoms with Gasteiger partial charge < -0.3 is 15.4 Å². The summed E-state index contributed by atoms with van der Waals surface area (Å²) in [7, 11) is 0. The van der Waals surface area contributed by atoms with Crippen molar-refractivity contribution in [2.45, 2.75) is 24.2 Å². The second kappa shape index (κ2) is 11.3. The normalized spacial score (nSPS) is 10.4. The number of benzene rings is 2. The highest BCUT2D eigenvalue weighted by molar-refractivity contribution is 8.01. The molecule has 7 nitrogen and oxygen atoms in total. The van der Waals surface area contributed by atoms with Crippen LogP contribution in [-0.2, 0) is 11.3 Å². The maximum atomic E-state index is 12.2. The van der Waals surface area contributed by atoms with Crippen molar-refractivity contribution in [1.82, 2.24) is 15.5 Å². The van der Waals surface area contributed by atoms with Gasteiger partial charge in [0.15, 0.2) is 4.34 Å². The standard InChI is InChI=1S/C21H22N4O3S2/c1-2-12-28-17-10-8-15(9-11-17)13-22-18(26)14-29-21-25-24-20(30-21)19(27)23-16-6-4-3-5-7-16/h3-11H,2,12-14H2,1H3,(H,22,26)(H,23,27). The quantitative estimate of drug-likeness (QED) is 0.461. The van der Waals surface area contributed by atoms with Crippen molar-refractivity contribution in [3.8, 4) is 5.75 Å². The molecule has 1 heterocycles. The van der Waals surface area contributed by atoms with Gasteiger partial charge in [-0.2, -0.15) is 0 Å². The van der Waals surface area contributed by atoms with Crippen LogP contribution >= 0.6 is 23.1 Å². The molecule has 0 aliphatic rings. The number of hydrogen-bond acceptors (Lipinski definition) is 7. The predicted molar refractivity (Wildman–Crippen MR) is 119 cm³/mol. The van der Waals surface area contributed by atoms with E-state index in [0.29, 0.717) is 23.2 Å². The largest absolute Gasteiger partial charge is 0.494 e. The number of aromatic nitrogens is 2. The number of para-hydroxylation sites is 1. The number of anilines is 1. The van der Waals surface area contributed by atoms with Crippen molar-refractivity contribution in [3.63, 3.8) is 0 Å². The summed E-state index contributed by atoms with van der Waals surface area (Å²) in [5.41, 5.74) is 1.68. The fraction of sp³-hybridized carbons (Fsp3) is 0.238. The number of hydrogen-bond donors (Lipinski definition) is 2. The number of amides is 2. The lowest BCUT2D eigenvalue weighted by Crippen LogP contribution is -2.24. The minimum Gasteiger partial charge on any atom is -0.494 e. The molecule has 156 valence electrons. The summed E-state index contributed by atoms with van der Waals surface area (Å²) in [4.78, 5) is 24.3. The number of carbonyl (C=O) groups is 2. The van der Waals surface area contributed by atoms with E-state index in [-0.39, 0.29) is 22.6 Å². The number of nitrogens with zero attached hydrogens (tertiary/aromatic N) is 2. The molecular weight excluding hydrogens is 420 g/mol. The molecular formula is C21H22N4O3S2. The van der Waals surface area contributed by atoms with Gasteiger partial charge in [0.05, 0.1) is 12.4 Å². The van der Waals surface area contributed by atoms with Crippen molar-refractivity contribution < 1.29 is 14.3 Å². The Hall–Kier alpha value is -2.91. The van der Waals surface area contributed by atoms with Crippen LogP contribution in [0.2, 0.25) is 0 Å². The van der Waals surface area contributed by atoms with Gasteiger partial charge in [-0.05, 0) is 36.2 Å². The summed E-state index contributed by atoms with van der Waals surface area (Å²) < 4.78 is 6.11. The maximum Gasteiger partial charge on any atom is 0.286 e. The average Bonchev–Trinajstić information content (AvgIpc) is 3.25. The summed E-state index contributed by atoms with van der Waals surface area (Å²) in [6.45, 7) is 3.19. The van der Waals surface area contributed by atoms with Crippen LogP contribution in [0.25, 0.3) is 0 Å². The van der Waals surface area contributed by atoms with E-state index < -0.39 is 0 Å². The van der Waals surface area contributed by atoms with Crippen molar-refractivity contribution >= 4 is 40.6 Å².